The molecule has 1 aromatic heterocycles. The molecule has 0 bridgehead atoms. The van der Waals surface area contributed by atoms with Gasteiger partial charge in [-0.2, -0.15) is 0 Å². The van der Waals surface area contributed by atoms with Crippen LogP contribution in [0.15, 0.2) is 10.8 Å². The molecular formula is C9H15BrN4O2. The Morgan fingerprint density at radius 2 is 2.19 bits per heavy atom. The van der Waals surface area contributed by atoms with Gasteiger partial charge >= 0.3 is 0 Å². The Balaban J connectivity index is 2.41. The first-order chi connectivity index (χ1) is 7.79. The smallest absolute Gasteiger partial charge is 0.233 e. The summed E-state index contributed by atoms with van der Waals surface area (Å²) in [5, 5.41) is 0. The molecule has 1 aromatic rings. The van der Waals surface area contributed by atoms with Crippen molar-refractivity contribution < 1.29 is 9.47 Å². The van der Waals surface area contributed by atoms with Crippen LogP contribution in [0, 0.1) is 0 Å². The van der Waals surface area contributed by atoms with E-state index in [1.165, 1.54) is 6.33 Å². The van der Waals surface area contributed by atoms with E-state index in [-0.39, 0.29) is 0 Å². The Morgan fingerprint density at radius 3 is 2.88 bits per heavy atom. The number of anilines is 1. The molecule has 0 spiro atoms. The number of nitrogens with two attached hydrogens (primary N) is 1. The largest absolute Gasteiger partial charge is 0.474 e. The number of nitrogen functional groups attached to an aromatic ring is 1. The third kappa shape index (κ3) is 3.92. The van der Waals surface area contributed by atoms with Gasteiger partial charge in [0, 0.05) is 6.61 Å². The van der Waals surface area contributed by atoms with Gasteiger partial charge in [0.1, 0.15) is 17.4 Å². The third-order valence-corrected chi connectivity index (χ3v) is 2.42. The minimum absolute atomic E-state index is 0.444. The van der Waals surface area contributed by atoms with E-state index in [9.17, 15) is 0 Å². The Hall–Kier alpha value is -0.920. The summed E-state index contributed by atoms with van der Waals surface area (Å²) in [6.07, 6.45) is 2.38. The first-order valence-electron chi connectivity index (χ1n) is 4.97. The highest BCUT2D eigenvalue weighted by molar-refractivity contribution is 9.10. The normalized spacial score (nSPS) is 10.2. The molecule has 0 unspecified atom stereocenters. The lowest BCUT2D eigenvalue weighted by Crippen LogP contribution is -2.12. The number of aromatic nitrogens is 2. The maximum absolute atomic E-state index is 5.41. The van der Waals surface area contributed by atoms with Crippen LogP contribution in [0.5, 0.6) is 5.88 Å². The van der Waals surface area contributed by atoms with Gasteiger partial charge in [0.15, 0.2) is 5.82 Å². The first kappa shape index (κ1) is 13.1. The highest BCUT2D eigenvalue weighted by atomic mass is 79.9. The van der Waals surface area contributed by atoms with E-state index in [2.05, 4.69) is 38.2 Å². The van der Waals surface area contributed by atoms with Crippen LogP contribution in [0.4, 0.5) is 5.82 Å². The van der Waals surface area contributed by atoms with Crippen LogP contribution in [0.25, 0.3) is 0 Å². The van der Waals surface area contributed by atoms with Gasteiger partial charge in [0.2, 0.25) is 5.88 Å². The number of hydrogen-bond acceptors (Lipinski definition) is 6. The number of rotatable bonds is 7. The van der Waals surface area contributed by atoms with E-state index < -0.39 is 0 Å². The summed E-state index contributed by atoms with van der Waals surface area (Å²) in [7, 11) is 0. The van der Waals surface area contributed by atoms with Crippen molar-refractivity contribution in [3.8, 4) is 5.88 Å². The summed E-state index contributed by atoms with van der Waals surface area (Å²) in [4.78, 5) is 7.88. The van der Waals surface area contributed by atoms with Gasteiger partial charge in [0.05, 0.1) is 6.61 Å². The van der Waals surface area contributed by atoms with Gasteiger partial charge in [-0.05, 0) is 22.4 Å². The molecule has 16 heavy (non-hydrogen) atoms. The van der Waals surface area contributed by atoms with Crippen LogP contribution in [0.2, 0.25) is 0 Å². The highest BCUT2D eigenvalue weighted by Crippen LogP contribution is 2.27. The minimum atomic E-state index is 0.444. The Bertz CT molecular complexity index is 324. The quantitative estimate of drug-likeness (QED) is 0.448. The molecule has 7 heteroatoms. The van der Waals surface area contributed by atoms with Crippen molar-refractivity contribution in [2.45, 2.75) is 13.3 Å². The summed E-state index contributed by atoms with van der Waals surface area (Å²) >= 11 is 3.29. The topological polar surface area (TPSA) is 82.3 Å². The summed E-state index contributed by atoms with van der Waals surface area (Å²) < 4.78 is 11.3. The summed E-state index contributed by atoms with van der Waals surface area (Å²) in [6.45, 7) is 3.78. The van der Waals surface area contributed by atoms with Crippen molar-refractivity contribution in [1.82, 2.24) is 9.97 Å². The van der Waals surface area contributed by atoms with Crippen molar-refractivity contribution in [3.05, 3.63) is 10.8 Å². The van der Waals surface area contributed by atoms with Gasteiger partial charge < -0.3 is 14.9 Å². The lowest BCUT2D eigenvalue weighted by atomic mass is 10.5. The van der Waals surface area contributed by atoms with E-state index in [1.807, 2.05) is 0 Å². The lowest BCUT2D eigenvalue weighted by Gasteiger charge is -2.09. The third-order valence-electron chi connectivity index (χ3n) is 1.71. The van der Waals surface area contributed by atoms with Crippen molar-refractivity contribution in [1.29, 1.82) is 0 Å². The Kier molecular flexibility index (Phi) is 6.05. The molecule has 0 atom stereocenters. The lowest BCUT2D eigenvalue weighted by molar-refractivity contribution is 0.0987. The summed E-state index contributed by atoms with van der Waals surface area (Å²) in [6, 6.07) is 0. The molecule has 6 nitrogen and oxygen atoms in total. The van der Waals surface area contributed by atoms with Gasteiger partial charge in [-0.15, -0.1) is 0 Å². The van der Waals surface area contributed by atoms with Gasteiger partial charge in [-0.25, -0.2) is 15.8 Å². The second-order valence-electron chi connectivity index (χ2n) is 2.95. The van der Waals surface area contributed by atoms with E-state index in [0.29, 0.717) is 29.4 Å². The van der Waals surface area contributed by atoms with Crippen molar-refractivity contribution in [2.75, 3.05) is 25.2 Å². The number of nitrogens with one attached hydrogen (secondary N) is 1. The zero-order valence-electron chi connectivity index (χ0n) is 9.07. The number of nitrogens with zero attached hydrogens (tertiary/aromatic N) is 2. The molecule has 0 aliphatic heterocycles. The van der Waals surface area contributed by atoms with Gasteiger partial charge in [-0.3, -0.25) is 0 Å². The molecule has 3 N–H and O–H groups in total. The highest BCUT2D eigenvalue weighted by Gasteiger charge is 2.08. The zero-order chi connectivity index (χ0) is 11.8. The SMILES string of the molecule is CCCOCCOc1ncnc(NN)c1Br. The Labute approximate surface area is 103 Å². The Morgan fingerprint density at radius 1 is 1.38 bits per heavy atom. The molecular weight excluding hydrogens is 276 g/mol. The van der Waals surface area contributed by atoms with Crippen LogP contribution >= 0.6 is 15.9 Å². The average Bonchev–Trinajstić information content (AvgIpc) is 2.31. The molecule has 0 aliphatic carbocycles. The maximum atomic E-state index is 5.41. The summed E-state index contributed by atoms with van der Waals surface area (Å²) in [5.74, 6) is 6.20. The van der Waals surface area contributed by atoms with Crippen LogP contribution in [0.1, 0.15) is 13.3 Å². The number of hydrogen-bond donors (Lipinski definition) is 2. The van der Waals surface area contributed by atoms with E-state index >= 15 is 0 Å². The first-order valence-corrected chi connectivity index (χ1v) is 5.76. The predicted molar refractivity (Wildman–Crippen MR) is 64.1 cm³/mol. The van der Waals surface area contributed by atoms with Crippen LogP contribution in [0.3, 0.4) is 0 Å². The van der Waals surface area contributed by atoms with E-state index in [1.54, 1.807) is 0 Å². The molecule has 0 aliphatic rings. The van der Waals surface area contributed by atoms with Gasteiger partial charge in [0.25, 0.3) is 0 Å². The fourth-order valence-corrected chi connectivity index (χ4v) is 1.43. The number of ether oxygens (including phenoxy) is 2. The van der Waals surface area contributed by atoms with Crippen LogP contribution in [-0.2, 0) is 4.74 Å². The molecule has 1 heterocycles. The van der Waals surface area contributed by atoms with Crippen molar-refractivity contribution in [3.63, 3.8) is 0 Å². The predicted octanol–water partition coefficient (Wildman–Crippen LogP) is 1.33. The summed E-state index contributed by atoms with van der Waals surface area (Å²) in [5.41, 5.74) is 2.44. The fraction of sp³-hybridized carbons (Fsp3) is 0.556. The van der Waals surface area contributed by atoms with Crippen LogP contribution < -0.4 is 16.0 Å². The molecule has 0 amide bonds. The number of hydrazine groups is 1. The molecule has 0 fully saturated rings. The molecule has 1 rings (SSSR count). The monoisotopic (exact) mass is 290 g/mol. The van der Waals surface area contributed by atoms with E-state index in [4.69, 9.17) is 15.3 Å². The minimum Gasteiger partial charge on any atom is -0.474 e. The molecule has 0 saturated carbocycles. The number of halogens is 1. The molecule has 0 radical (unpaired) electrons. The average molecular weight is 291 g/mol. The van der Waals surface area contributed by atoms with Crippen LogP contribution in [-0.4, -0.2) is 29.8 Å². The van der Waals surface area contributed by atoms with Crippen molar-refractivity contribution >= 4 is 21.7 Å². The van der Waals surface area contributed by atoms with Crippen molar-refractivity contribution in [2.24, 2.45) is 5.84 Å². The molecule has 0 aromatic carbocycles. The molecule has 0 saturated heterocycles. The standard InChI is InChI=1S/C9H15BrN4O2/c1-2-3-15-4-5-16-9-7(10)8(14-11)12-6-13-9/h6H,2-5,11H2,1H3,(H,12,13,14). The second-order valence-corrected chi connectivity index (χ2v) is 3.74. The molecule has 90 valence electrons. The zero-order valence-corrected chi connectivity index (χ0v) is 10.7. The van der Waals surface area contributed by atoms with E-state index in [0.717, 1.165) is 13.0 Å². The van der Waals surface area contributed by atoms with Gasteiger partial charge in [-0.1, -0.05) is 6.92 Å². The maximum Gasteiger partial charge on any atom is 0.233 e. The second kappa shape index (κ2) is 7.37. The fourth-order valence-electron chi connectivity index (χ4n) is 0.999.